The molecule has 3 heteroatoms. The minimum Gasteiger partial charge on any atom is -0.295 e. The lowest BCUT2D eigenvalue weighted by Crippen LogP contribution is -2.19. The van der Waals surface area contributed by atoms with Gasteiger partial charge in [-0.05, 0) is 24.1 Å². The predicted octanol–water partition coefficient (Wildman–Crippen LogP) is 3.10. The summed E-state index contributed by atoms with van der Waals surface area (Å²) in [6.07, 6.45) is 1.75. The van der Waals surface area contributed by atoms with Crippen LogP contribution in [0.25, 0.3) is 0 Å². The van der Waals surface area contributed by atoms with Crippen molar-refractivity contribution < 1.29 is 0 Å². The van der Waals surface area contributed by atoms with Crippen molar-refractivity contribution in [3.05, 3.63) is 46.5 Å². The first-order chi connectivity index (χ1) is 7.19. The Kier molecular flexibility index (Phi) is 4.54. The molecule has 0 aliphatic heterocycles. The van der Waals surface area contributed by atoms with Crippen LogP contribution in [0, 0.1) is 18.3 Å². The number of hydrogen-bond acceptors (Lipinski definition) is 2. The zero-order valence-electron chi connectivity index (χ0n) is 8.63. The van der Waals surface area contributed by atoms with E-state index in [-0.39, 0.29) is 6.04 Å². The number of nitriles is 1. The van der Waals surface area contributed by atoms with E-state index in [0.29, 0.717) is 6.54 Å². The Morgan fingerprint density at radius 3 is 2.93 bits per heavy atom. The minimum absolute atomic E-state index is 0.269. The quantitative estimate of drug-likeness (QED) is 0.849. The molecule has 0 radical (unpaired) electrons. The Bertz CT molecular complexity index is 393. The normalized spacial score (nSPS) is 11.8. The topological polar surface area (TPSA) is 35.8 Å². The van der Waals surface area contributed by atoms with Crippen LogP contribution in [0.3, 0.4) is 0 Å². The van der Waals surface area contributed by atoms with Crippen molar-refractivity contribution in [2.45, 2.75) is 13.0 Å². The van der Waals surface area contributed by atoms with Crippen molar-refractivity contribution >= 4 is 15.9 Å². The molecule has 2 nitrogen and oxygen atoms in total. The molecular weight excluding hydrogens is 252 g/mol. The Balaban J connectivity index is 2.88. The van der Waals surface area contributed by atoms with Crippen LogP contribution >= 0.6 is 15.9 Å². The van der Waals surface area contributed by atoms with Crippen molar-refractivity contribution in [1.82, 2.24) is 5.32 Å². The highest BCUT2D eigenvalue weighted by molar-refractivity contribution is 9.10. The second-order valence-electron chi connectivity index (χ2n) is 3.27. The third kappa shape index (κ3) is 3.19. The first kappa shape index (κ1) is 12.0. The first-order valence-corrected chi connectivity index (χ1v) is 5.48. The van der Waals surface area contributed by atoms with Gasteiger partial charge in [0.1, 0.15) is 6.04 Å². The van der Waals surface area contributed by atoms with Crippen LogP contribution in [0.4, 0.5) is 0 Å². The van der Waals surface area contributed by atoms with Gasteiger partial charge in [0.25, 0.3) is 0 Å². The molecule has 1 unspecified atom stereocenters. The molecule has 1 aromatic carbocycles. The van der Waals surface area contributed by atoms with Crippen molar-refractivity contribution in [3.63, 3.8) is 0 Å². The van der Waals surface area contributed by atoms with Crippen LogP contribution in [0.5, 0.6) is 0 Å². The summed E-state index contributed by atoms with van der Waals surface area (Å²) < 4.78 is 1.06. The average Bonchev–Trinajstić information content (AvgIpc) is 2.24. The van der Waals surface area contributed by atoms with Gasteiger partial charge in [-0.2, -0.15) is 5.26 Å². The van der Waals surface area contributed by atoms with Crippen LogP contribution in [0.15, 0.2) is 35.3 Å². The smallest absolute Gasteiger partial charge is 0.121 e. The maximum absolute atomic E-state index is 9.01. The van der Waals surface area contributed by atoms with Gasteiger partial charge in [-0.15, -0.1) is 6.58 Å². The van der Waals surface area contributed by atoms with E-state index in [1.807, 2.05) is 25.1 Å². The summed E-state index contributed by atoms with van der Waals surface area (Å²) in [5, 5.41) is 12.1. The zero-order chi connectivity index (χ0) is 11.3. The fourth-order valence-electron chi connectivity index (χ4n) is 1.29. The fourth-order valence-corrected chi connectivity index (χ4v) is 1.53. The van der Waals surface area contributed by atoms with Crippen LogP contribution in [0.1, 0.15) is 17.2 Å². The van der Waals surface area contributed by atoms with E-state index in [2.05, 4.69) is 33.9 Å². The molecule has 1 aromatic rings. The van der Waals surface area contributed by atoms with E-state index in [0.717, 1.165) is 15.6 Å². The lowest BCUT2D eigenvalue weighted by molar-refractivity contribution is 0.683. The van der Waals surface area contributed by atoms with Gasteiger partial charge < -0.3 is 0 Å². The molecule has 0 heterocycles. The van der Waals surface area contributed by atoms with E-state index in [1.165, 1.54) is 0 Å². The lowest BCUT2D eigenvalue weighted by Gasteiger charge is -2.11. The molecule has 0 aliphatic carbocycles. The number of halogens is 1. The maximum atomic E-state index is 9.01. The Morgan fingerprint density at radius 1 is 1.67 bits per heavy atom. The summed E-state index contributed by atoms with van der Waals surface area (Å²) in [4.78, 5) is 0. The molecule has 0 amide bonds. The van der Waals surface area contributed by atoms with Gasteiger partial charge in [0, 0.05) is 11.0 Å². The molecule has 0 aromatic heterocycles. The van der Waals surface area contributed by atoms with Gasteiger partial charge in [-0.25, -0.2) is 0 Å². The SMILES string of the molecule is C=CCNC(C#N)c1ccc(Br)c(C)c1. The van der Waals surface area contributed by atoms with E-state index < -0.39 is 0 Å². The highest BCUT2D eigenvalue weighted by Crippen LogP contribution is 2.20. The third-order valence-corrected chi connectivity index (χ3v) is 3.00. The summed E-state index contributed by atoms with van der Waals surface area (Å²) in [5.74, 6) is 0. The standard InChI is InChI=1S/C12H13BrN2/c1-3-6-15-12(8-14)10-4-5-11(13)9(2)7-10/h3-5,7,12,15H,1,6H2,2H3. The van der Waals surface area contributed by atoms with E-state index in [1.54, 1.807) is 6.08 Å². The second-order valence-corrected chi connectivity index (χ2v) is 4.12. The first-order valence-electron chi connectivity index (χ1n) is 4.69. The number of benzene rings is 1. The fraction of sp³-hybridized carbons (Fsp3) is 0.250. The molecule has 0 saturated heterocycles. The van der Waals surface area contributed by atoms with Crippen molar-refractivity contribution in [1.29, 1.82) is 5.26 Å². The number of nitrogens with one attached hydrogen (secondary N) is 1. The van der Waals surface area contributed by atoms with Crippen molar-refractivity contribution in [2.24, 2.45) is 0 Å². The molecule has 0 spiro atoms. The number of rotatable bonds is 4. The summed E-state index contributed by atoms with van der Waals surface area (Å²) >= 11 is 3.43. The lowest BCUT2D eigenvalue weighted by atomic mass is 10.1. The third-order valence-electron chi connectivity index (χ3n) is 2.11. The molecule has 0 aliphatic rings. The van der Waals surface area contributed by atoms with Gasteiger partial charge in [-0.3, -0.25) is 5.32 Å². The Hall–Kier alpha value is -1.11. The summed E-state index contributed by atoms with van der Waals surface area (Å²) in [7, 11) is 0. The predicted molar refractivity (Wildman–Crippen MR) is 65.4 cm³/mol. The van der Waals surface area contributed by atoms with Gasteiger partial charge in [0.2, 0.25) is 0 Å². The molecule has 1 N–H and O–H groups in total. The number of hydrogen-bond donors (Lipinski definition) is 1. The Labute approximate surface area is 98.7 Å². The summed E-state index contributed by atoms with van der Waals surface area (Å²) in [6, 6.07) is 7.87. The monoisotopic (exact) mass is 264 g/mol. The van der Waals surface area contributed by atoms with Crippen LogP contribution in [-0.4, -0.2) is 6.54 Å². The molecule has 15 heavy (non-hydrogen) atoms. The summed E-state index contributed by atoms with van der Waals surface area (Å²) in [6.45, 7) is 6.25. The maximum Gasteiger partial charge on any atom is 0.121 e. The molecular formula is C12H13BrN2. The van der Waals surface area contributed by atoms with Gasteiger partial charge in [0.15, 0.2) is 0 Å². The largest absolute Gasteiger partial charge is 0.295 e. The van der Waals surface area contributed by atoms with Crippen molar-refractivity contribution in [3.8, 4) is 6.07 Å². The van der Waals surface area contributed by atoms with E-state index in [4.69, 9.17) is 5.26 Å². The van der Waals surface area contributed by atoms with Crippen LogP contribution in [0.2, 0.25) is 0 Å². The minimum atomic E-state index is -0.269. The van der Waals surface area contributed by atoms with Gasteiger partial charge in [-0.1, -0.05) is 34.1 Å². The molecule has 0 fully saturated rings. The van der Waals surface area contributed by atoms with Gasteiger partial charge in [0.05, 0.1) is 6.07 Å². The molecule has 0 bridgehead atoms. The highest BCUT2D eigenvalue weighted by atomic mass is 79.9. The summed E-state index contributed by atoms with van der Waals surface area (Å²) in [5.41, 5.74) is 2.12. The Morgan fingerprint density at radius 2 is 2.40 bits per heavy atom. The molecule has 1 rings (SSSR count). The molecule has 78 valence electrons. The van der Waals surface area contributed by atoms with E-state index in [9.17, 15) is 0 Å². The zero-order valence-corrected chi connectivity index (χ0v) is 10.2. The highest BCUT2D eigenvalue weighted by Gasteiger charge is 2.09. The van der Waals surface area contributed by atoms with E-state index >= 15 is 0 Å². The van der Waals surface area contributed by atoms with Crippen LogP contribution in [-0.2, 0) is 0 Å². The number of aryl methyl sites for hydroxylation is 1. The second kappa shape index (κ2) is 5.69. The van der Waals surface area contributed by atoms with Gasteiger partial charge >= 0.3 is 0 Å². The molecule has 0 saturated carbocycles. The van der Waals surface area contributed by atoms with Crippen LogP contribution < -0.4 is 5.32 Å². The number of nitrogens with zero attached hydrogens (tertiary/aromatic N) is 1. The average molecular weight is 265 g/mol. The molecule has 1 atom stereocenters. The van der Waals surface area contributed by atoms with Crippen molar-refractivity contribution in [2.75, 3.05) is 6.54 Å².